The molecular weight excluding hydrogens is 206 g/mol. The van der Waals surface area contributed by atoms with Gasteiger partial charge in [-0.25, -0.2) is 4.79 Å². The second-order valence-electron chi connectivity index (χ2n) is 3.93. The fourth-order valence-electron chi connectivity index (χ4n) is 1.86. The lowest BCUT2D eigenvalue weighted by Gasteiger charge is -2.22. The summed E-state index contributed by atoms with van der Waals surface area (Å²) in [6.45, 7) is 2.28. The van der Waals surface area contributed by atoms with Crippen LogP contribution >= 0.6 is 0 Å². The molecule has 1 unspecified atom stereocenters. The van der Waals surface area contributed by atoms with Crippen LogP contribution in [-0.2, 0) is 4.74 Å². The van der Waals surface area contributed by atoms with Gasteiger partial charge in [-0.05, 0) is 12.5 Å². The maximum absolute atomic E-state index is 11.6. The number of benzene rings is 1. The summed E-state index contributed by atoms with van der Waals surface area (Å²) < 4.78 is 5.00. The topological polar surface area (TPSA) is 49.8 Å². The molecule has 86 valence electrons. The van der Waals surface area contributed by atoms with Gasteiger partial charge in [-0.15, -0.1) is 0 Å². The highest BCUT2D eigenvalue weighted by Gasteiger charge is 2.34. The second-order valence-corrected chi connectivity index (χ2v) is 3.93. The van der Waals surface area contributed by atoms with Gasteiger partial charge in [0, 0.05) is 0 Å². The van der Waals surface area contributed by atoms with E-state index in [1.807, 2.05) is 37.3 Å². The van der Waals surface area contributed by atoms with Crippen LogP contribution in [0, 0.1) is 0 Å². The Hall–Kier alpha value is -1.55. The molecule has 1 aliphatic rings. The van der Waals surface area contributed by atoms with Crippen LogP contribution in [0.5, 0.6) is 0 Å². The summed E-state index contributed by atoms with van der Waals surface area (Å²) in [6, 6.07) is 9.75. The molecule has 1 amide bonds. The molecule has 4 heteroatoms. The van der Waals surface area contributed by atoms with Crippen LogP contribution in [0.25, 0.3) is 0 Å². The zero-order chi connectivity index (χ0) is 11.5. The third-order valence-corrected chi connectivity index (χ3v) is 2.86. The van der Waals surface area contributed by atoms with Gasteiger partial charge in [0.25, 0.3) is 0 Å². The number of aliphatic hydroxyl groups is 1. The number of carbonyl (C=O) groups is 1. The van der Waals surface area contributed by atoms with Crippen molar-refractivity contribution in [3.8, 4) is 0 Å². The molecule has 4 nitrogen and oxygen atoms in total. The Bertz CT molecular complexity index is 366. The van der Waals surface area contributed by atoms with E-state index in [1.54, 1.807) is 4.90 Å². The van der Waals surface area contributed by atoms with Gasteiger partial charge in [0.2, 0.25) is 0 Å². The van der Waals surface area contributed by atoms with Crippen molar-refractivity contribution in [3.63, 3.8) is 0 Å². The molecule has 2 atom stereocenters. The maximum Gasteiger partial charge on any atom is 0.410 e. The fraction of sp³-hybridized carbons (Fsp3) is 0.417. The SMILES string of the molecule is C[C@H](c1ccccc1)N1CC(CO)OC1=O. The van der Waals surface area contributed by atoms with Crippen molar-refractivity contribution in [2.75, 3.05) is 13.2 Å². The third-order valence-electron chi connectivity index (χ3n) is 2.86. The van der Waals surface area contributed by atoms with Crippen LogP contribution in [-0.4, -0.2) is 35.4 Å². The highest BCUT2D eigenvalue weighted by Crippen LogP contribution is 2.25. The molecular formula is C12H15NO3. The van der Waals surface area contributed by atoms with Crippen LogP contribution < -0.4 is 0 Å². The Morgan fingerprint density at radius 2 is 2.19 bits per heavy atom. The van der Waals surface area contributed by atoms with E-state index < -0.39 is 6.10 Å². The minimum Gasteiger partial charge on any atom is -0.442 e. The predicted octanol–water partition coefficient (Wildman–Crippen LogP) is 1.56. The summed E-state index contributed by atoms with van der Waals surface area (Å²) in [5.74, 6) is 0. The summed E-state index contributed by atoms with van der Waals surface area (Å²) in [5.41, 5.74) is 1.07. The van der Waals surface area contributed by atoms with Crippen molar-refractivity contribution < 1.29 is 14.6 Å². The van der Waals surface area contributed by atoms with Gasteiger partial charge in [-0.3, -0.25) is 4.90 Å². The smallest absolute Gasteiger partial charge is 0.410 e. The lowest BCUT2D eigenvalue weighted by Crippen LogP contribution is -2.28. The highest BCUT2D eigenvalue weighted by molar-refractivity contribution is 5.70. The van der Waals surface area contributed by atoms with Crippen molar-refractivity contribution in [1.29, 1.82) is 0 Å². The summed E-state index contributed by atoms with van der Waals surface area (Å²) >= 11 is 0. The van der Waals surface area contributed by atoms with Crippen molar-refractivity contribution >= 4 is 6.09 Å². The molecule has 1 fully saturated rings. The largest absolute Gasteiger partial charge is 0.442 e. The number of cyclic esters (lactones) is 1. The monoisotopic (exact) mass is 221 g/mol. The molecule has 16 heavy (non-hydrogen) atoms. The fourth-order valence-corrected chi connectivity index (χ4v) is 1.86. The van der Waals surface area contributed by atoms with Crippen LogP contribution in [0.4, 0.5) is 4.79 Å². The van der Waals surface area contributed by atoms with Gasteiger partial charge in [-0.2, -0.15) is 0 Å². The number of rotatable bonds is 3. The molecule has 1 aliphatic heterocycles. The standard InChI is InChI=1S/C12H15NO3/c1-9(10-5-3-2-4-6-10)13-7-11(8-14)16-12(13)15/h2-6,9,11,14H,7-8H2,1H3/t9-,11?/m1/s1. The number of aliphatic hydroxyl groups excluding tert-OH is 1. The first kappa shape index (κ1) is 11.0. The van der Waals surface area contributed by atoms with E-state index in [0.717, 1.165) is 5.56 Å². The first-order valence-corrected chi connectivity index (χ1v) is 5.35. The normalized spacial score (nSPS) is 22.0. The van der Waals surface area contributed by atoms with Gasteiger partial charge >= 0.3 is 6.09 Å². The second kappa shape index (κ2) is 4.53. The van der Waals surface area contributed by atoms with E-state index in [4.69, 9.17) is 9.84 Å². The summed E-state index contributed by atoms with van der Waals surface area (Å²) in [7, 11) is 0. The molecule has 0 spiro atoms. The van der Waals surface area contributed by atoms with Crippen LogP contribution in [0.2, 0.25) is 0 Å². The Kier molecular flexibility index (Phi) is 3.10. The Morgan fingerprint density at radius 3 is 2.75 bits per heavy atom. The van der Waals surface area contributed by atoms with E-state index >= 15 is 0 Å². The van der Waals surface area contributed by atoms with Crippen LogP contribution in [0.1, 0.15) is 18.5 Å². The number of hydrogen-bond donors (Lipinski definition) is 1. The molecule has 2 rings (SSSR count). The number of hydrogen-bond acceptors (Lipinski definition) is 3. The van der Waals surface area contributed by atoms with E-state index in [9.17, 15) is 4.79 Å². The van der Waals surface area contributed by atoms with Crippen LogP contribution in [0.3, 0.4) is 0 Å². The zero-order valence-corrected chi connectivity index (χ0v) is 9.17. The van der Waals surface area contributed by atoms with Crippen molar-refractivity contribution in [1.82, 2.24) is 4.90 Å². The molecule has 0 radical (unpaired) electrons. The lowest BCUT2D eigenvalue weighted by molar-refractivity contribution is 0.0941. The van der Waals surface area contributed by atoms with Gasteiger partial charge in [0.15, 0.2) is 0 Å². The average molecular weight is 221 g/mol. The highest BCUT2D eigenvalue weighted by atomic mass is 16.6. The first-order valence-electron chi connectivity index (χ1n) is 5.35. The quantitative estimate of drug-likeness (QED) is 0.842. The Morgan fingerprint density at radius 1 is 1.50 bits per heavy atom. The summed E-state index contributed by atoms with van der Waals surface area (Å²) in [6.07, 6.45) is -0.742. The first-order chi connectivity index (χ1) is 7.72. The van der Waals surface area contributed by atoms with Crippen molar-refractivity contribution in [2.24, 2.45) is 0 Å². The predicted molar refractivity (Wildman–Crippen MR) is 58.9 cm³/mol. The molecule has 0 saturated carbocycles. The number of nitrogens with zero attached hydrogens (tertiary/aromatic N) is 1. The number of amides is 1. The third kappa shape index (κ3) is 2.02. The minimum atomic E-state index is -0.390. The molecule has 0 aliphatic carbocycles. The van der Waals surface area contributed by atoms with Crippen LogP contribution in [0.15, 0.2) is 30.3 Å². The van der Waals surface area contributed by atoms with Gasteiger partial charge in [0.05, 0.1) is 19.2 Å². The molecule has 1 heterocycles. The maximum atomic E-state index is 11.6. The van der Waals surface area contributed by atoms with E-state index in [1.165, 1.54) is 0 Å². The molecule has 0 bridgehead atoms. The lowest BCUT2D eigenvalue weighted by atomic mass is 10.1. The summed E-state index contributed by atoms with van der Waals surface area (Å²) in [4.78, 5) is 13.2. The molecule has 1 saturated heterocycles. The molecule has 0 aromatic heterocycles. The molecule has 1 N–H and O–H groups in total. The Balaban J connectivity index is 2.11. The van der Waals surface area contributed by atoms with E-state index in [2.05, 4.69) is 0 Å². The van der Waals surface area contributed by atoms with E-state index in [-0.39, 0.29) is 18.7 Å². The summed E-state index contributed by atoms with van der Waals surface area (Å²) in [5, 5.41) is 8.95. The Labute approximate surface area is 94.4 Å². The average Bonchev–Trinajstić information content (AvgIpc) is 2.71. The number of ether oxygens (including phenoxy) is 1. The number of carbonyl (C=O) groups excluding carboxylic acids is 1. The van der Waals surface area contributed by atoms with Gasteiger partial charge in [-0.1, -0.05) is 30.3 Å². The zero-order valence-electron chi connectivity index (χ0n) is 9.17. The minimum absolute atomic E-state index is 0.0229. The van der Waals surface area contributed by atoms with Gasteiger partial charge in [0.1, 0.15) is 6.10 Å². The van der Waals surface area contributed by atoms with E-state index in [0.29, 0.717) is 6.54 Å². The van der Waals surface area contributed by atoms with Gasteiger partial charge < -0.3 is 9.84 Å². The van der Waals surface area contributed by atoms with Crippen molar-refractivity contribution in [2.45, 2.75) is 19.1 Å². The molecule has 1 aromatic carbocycles. The van der Waals surface area contributed by atoms with Crippen molar-refractivity contribution in [3.05, 3.63) is 35.9 Å². The molecule has 1 aromatic rings.